The van der Waals surface area contributed by atoms with Gasteiger partial charge < -0.3 is 39.8 Å². The Kier molecular flexibility index (Phi) is 22.5. The molecule has 10 nitrogen and oxygen atoms in total. The van der Waals surface area contributed by atoms with Crippen molar-refractivity contribution in [2.45, 2.75) is 87.4 Å². The van der Waals surface area contributed by atoms with Gasteiger partial charge in [0.25, 0.3) is 0 Å². The molecule has 0 bridgehead atoms. The normalized spacial score (nSPS) is 10.7. The Morgan fingerprint density at radius 2 is 1.25 bits per heavy atom. The fourth-order valence-corrected chi connectivity index (χ4v) is 4.74. The van der Waals surface area contributed by atoms with Gasteiger partial charge >= 0.3 is 6.09 Å². The molecule has 0 aliphatic carbocycles. The zero-order valence-corrected chi connectivity index (χ0v) is 32.6. The van der Waals surface area contributed by atoms with Gasteiger partial charge in [-0.2, -0.15) is 0 Å². The van der Waals surface area contributed by atoms with E-state index in [9.17, 15) is 9.59 Å². The summed E-state index contributed by atoms with van der Waals surface area (Å²) in [5.74, 6) is 2.12. The van der Waals surface area contributed by atoms with Crippen molar-refractivity contribution < 1.29 is 28.5 Å². The van der Waals surface area contributed by atoms with Crippen molar-refractivity contribution in [1.82, 2.24) is 9.80 Å². The second-order valence-corrected chi connectivity index (χ2v) is 12.4. The molecule has 0 saturated heterocycles. The fourth-order valence-electron chi connectivity index (χ4n) is 4.74. The SMILES string of the molecule is CC.CC(C)(C)OC(N)=O.CCN(CC)CCOc1ccc(NC(=O)CCc2ccc(OCc3ccccc3)cc2)c(OCCN(CC)CC)c1. The Balaban J connectivity index is 0.00000114. The van der Waals surface area contributed by atoms with Crippen LogP contribution in [0.15, 0.2) is 72.8 Å². The topological polar surface area (TPSA) is 116 Å². The maximum atomic E-state index is 12.9. The minimum absolute atomic E-state index is 0.0572. The molecular formula is C41H64N4O6. The van der Waals surface area contributed by atoms with E-state index in [4.69, 9.17) is 19.9 Å². The number of primary amides is 1. The van der Waals surface area contributed by atoms with Gasteiger partial charge in [0, 0.05) is 25.6 Å². The molecule has 0 radical (unpaired) electrons. The van der Waals surface area contributed by atoms with Crippen LogP contribution in [0.25, 0.3) is 0 Å². The van der Waals surface area contributed by atoms with E-state index in [-0.39, 0.29) is 5.91 Å². The molecule has 0 heterocycles. The number of aryl methyl sites for hydroxylation is 1. The lowest BCUT2D eigenvalue weighted by Gasteiger charge is -2.20. The minimum atomic E-state index is -0.725. The summed E-state index contributed by atoms with van der Waals surface area (Å²) in [6.45, 7) is 25.2. The molecule has 0 atom stereocenters. The molecule has 0 aromatic heterocycles. The number of anilines is 1. The van der Waals surface area contributed by atoms with E-state index in [1.165, 1.54) is 0 Å². The Morgan fingerprint density at radius 1 is 0.706 bits per heavy atom. The van der Waals surface area contributed by atoms with Crippen LogP contribution in [0, 0.1) is 0 Å². The van der Waals surface area contributed by atoms with Crippen LogP contribution in [0.4, 0.5) is 10.5 Å². The molecule has 2 amide bonds. The van der Waals surface area contributed by atoms with Gasteiger partial charge in [-0.15, -0.1) is 0 Å². The number of hydrogen-bond acceptors (Lipinski definition) is 8. The van der Waals surface area contributed by atoms with Crippen LogP contribution < -0.4 is 25.3 Å². The Morgan fingerprint density at radius 3 is 1.76 bits per heavy atom. The quantitative estimate of drug-likeness (QED) is 0.128. The Labute approximate surface area is 307 Å². The number of hydrogen-bond donors (Lipinski definition) is 2. The fraction of sp³-hybridized carbons (Fsp3) is 0.512. The summed E-state index contributed by atoms with van der Waals surface area (Å²) < 4.78 is 22.6. The zero-order valence-electron chi connectivity index (χ0n) is 32.6. The molecule has 3 aromatic carbocycles. The van der Waals surface area contributed by atoms with E-state index >= 15 is 0 Å². The Hall–Kier alpha value is -4.28. The first-order valence-corrected chi connectivity index (χ1v) is 18.3. The van der Waals surface area contributed by atoms with E-state index in [1.807, 2.05) is 86.6 Å². The molecule has 3 N–H and O–H groups in total. The first-order chi connectivity index (χ1) is 24.5. The highest BCUT2D eigenvalue weighted by Crippen LogP contribution is 2.30. The van der Waals surface area contributed by atoms with Crippen LogP contribution in [-0.4, -0.2) is 79.9 Å². The standard InChI is InChI=1S/C34H47N3O4.C5H11NO2.C2H6/c1-5-36(6-2)22-24-39-31-19-20-32(33(26-31)40-25-23-37(7-3)8-4)35-34(38)21-16-28-14-17-30(18-15-28)41-27-29-12-10-9-11-13-29;1-5(2,3)8-4(6)7;1-2/h9-15,17-20,26H,5-8,16,21-25,27H2,1-4H3,(H,35,38);1-3H3,(H2,6,7);1-2H3. The van der Waals surface area contributed by atoms with Gasteiger partial charge in [0.1, 0.15) is 42.7 Å². The highest BCUT2D eigenvalue weighted by Gasteiger charge is 2.13. The summed E-state index contributed by atoms with van der Waals surface area (Å²) in [6.07, 6.45) is 0.276. The number of rotatable bonds is 19. The summed E-state index contributed by atoms with van der Waals surface area (Å²) in [5.41, 5.74) is 7.14. The number of carbonyl (C=O) groups is 2. The summed E-state index contributed by atoms with van der Waals surface area (Å²) in [5, 5.41) is 3.05. The largest absolute Gasteiger partial charge is 0.492 e. The predicted octanol–water partition coefficient (Wildman–Crippen LogP) is 8.18. The average molecular weight is 709 g/mol. The number of nitrogens with zero attached hydrogens (tertiary/aromatic N) is 2. The van der Waals surface area contributed by atoms with Crippen molar-refractivity contribution in [3.63, 3.8) is 0 Å². The number of amides is 2. The van der Waals surface area contributed by atoms with Crippen LogP contribution in [0.5, 0.6) is 17.2 Å². The first-order valence-electron chi connectivity index (χ1n) is 18.3. The summed E-state index contributed by atoms with van der Waals surface area (Å²) >= 11 is 0. The van der Waals surface area contributed by atoms with Gasteiger partial charge in [0.2, 0.25) is 5.91 Å². The van der Waals surface area contributed by atoms with Gasteiger partial charge in [0.15, 0.2) is 0 Å². The molecule has 3 rings (SSSR count). The number of benzene rings is 3. The number of ether oxygens (including phenoxy) is 4. The zero-order chi connectivity index (χ0) is 38.1. The Bertz CT molecular complexity index is 1350. The first kappa shape index (κ1) is 44.7. The molecule has 0 unspecified atom stereocenters. The molecule has 284 valence electrons. The van der Waals surface area contributed by atoms with Crippen LogP contribution in [-0.2, 0) is 22.6 Å². The molecule has 0 spiro atoms. The van der Waals surface area contributed by atoms with Crippen molar-refractivity contribution >= 4 is 17.7 Å². The third-order valence-corrected chi connectivity index (χ3v) is 7.58. The van der Waals surface area contributed by atoms with E-state index in [2.05, 4.69) is 47.5 Å². The monoisotopic (exact) mass is 708 g/mol. The van der Waals surface area contributed by atoms with Crippen molar-refractivity contribution in [3.8, 4) is 17.2 Å². The van der Waals surface area contributed by atoms with Crippen LogP contribution >= 0.6 is 0 Å². The highest BCUT2D eigenvalue weighted by atomic mass is 16.6. The maximum absolute atomic E-state index is 12.9. The lowest BCUT2D eigenvalue weighted by atomic mass is 10.1. The van der Waals surface area contributed by atoms with Crippen molar-refractivity contribution in [2.24, 2.45) is 5.73 Å². The van der Waals surface area contributed by atoms with Crippen molar-refractivity contribution in [2.75, 3.05) is 57.8 Å². The number of nitrogens with one attached hydrogen (secondary N) is 1. The van der Waals surface area contributed by atoms with Gasteiger partial charge in [0.05, 0.1) is 5.69 Å². The molecule has 10 heteroatoms. The number of nitrogens with two attached hydrogens (primary N) is 1. The summed E-state index contributed by atoms with van der Waals surface area (Å²) in [6, 6.07) is 23.7. The second kappa shape index (κ2) is 25.6. The summed E-state index contributed by atoms with van der Waals surface area (Å²) in [4.78, 5) is 27.5. The van der Waals surface area contributed by atoms with Gasteiger partial charge in [-0.1, -0.05) is 84.0 Å². The van der Waals surface area contributed by atoms with E-state index in [1.54, 1.807) is 20.8 Å². The molecule has 51 heavy (non-hydrogen) atoms. The molecule has 0 fully saturated rings. The van der Waals surface area contributed by atoms with Crippen LogP contribution in [0.3, 0.4) is 0 Å². The molecule has 0 aliphatic rings. The molecular weight excluding hydrogens is 644 g/mol. The third kappa shape index (κ3) is 20.2. The number of carbonyl (C=O) groups excluding carboxylic acids is 2. The van der Waals surface area contributed by atoms with E-state index in [0.717, 1.165) is 61.9 Å². The number of likely N-dealkylation sites (N-methyl/N-ethyl adjacent to an activating group) is 2. The third-order valence-electron chi connectivity index (χ3n) is 7.58. The highest BCUT2D eigenvalue weighted by molar-refractivity contribution is 5.92. The lowest BCUT2D eigenvalue weighted by molar-refractivity contribution is -0.116. The minimum Gasteiger partial charge on any atom is -0.492 e. The average Bonchev–Trinajstić information content (AvgIpc) is 3.12. The van der Waals surface area contributed by atoms with Crippen LogP contribution in [0.1, 0.15) is 79.9 Å². The predicted molar refractivity (Wildman–Crippen MR) is 209 cm³/mol. The van der Waals surface area contributed by atoms with Crippen molar-refractivity contribution in [3.05, 3.63) is 83.9 Å². The van der Waals surface area contributed by atoms with Crippen molar-refractivity contribution in [1.29, 1.82) is 0 Å². The van der Waals surface area contributed by atoms with Crippen LogP contribution in [0.2, 0.25) is 0 Å². The smallest absolute Gasteiger partial charge is 0.405 e. The van der Waals surface area contributed by atoms with Gasteiger partial charge in [-0.05, 0) is 88.8 Å². The lowest BCUT2D eigenvalue weighted by Crippen LogP contribution is -2.28. The van der Waals surface area contributed by atoms with E-state index in [0.29, 0.717) is 44.1 Å². The molecule has 0 saturated carbocycles. The second-order valence-electron chi connectivity index (χ2n) is 12.4. The maximum Gasteiger partial charge on any atom is 0.405 e. The van der Waals surface area contributed by atoms with Gasteiger partial charge in [-0.25, -0.2) is 4.79 Å². The van der Waals surface area contributed by atoms with Gasteiger partial charge in [-0.3, -0.25) is 4.79 Å². The summed E-state index contributed by atoms with van der Waals surface area (Å²) in [7, 11) is 0. The van der Waals surface area contributed by atoms with E-state index < -0.39 is 11.7 Å². The molecule has 0 aliphatic heterocycles. The molecule has 3 aromatic rings.